The molecule has 4 aromatic rings. The van der Waals surface area contributed by atoms with Crippen LogP contribution < -0.4 is 0 Å². The smallest absolute Gasteiger partial charge is 0.359 e. The van der Waals surface area contributed by atoms with Gasteiger partial charge in [-0.15, -0.1) is 10.2 Å². The van der Waals surface area contributed by atoms with E-state index in [4.69, 9.17) is 14.2 Å². The molecule has 0 aliphatic heterocycles. The van der Waals surface area contributed by atoms with E-state index in [0.29, 0.717) is 11.6 Å². The molecule has 0 spiro atoms. The number of imidazole rings is 1. The molecule has 0 amide bonds. The number of tetrazole rings is 1. The molecule has 2 aromatic carbocycles. The average molecular weight is 563 g/mol. The minimum Gasteiger partial charge on any atom is -0.456 e. The topological polar surface area (TPSA) is 154 Å². The Hall–Kier alpha value is -4.42. The van der Waals surface area contributed by atoms with Crippen molar-refractivity contribution >= 4 is 11.9 Å². The van der Waals surface area contributed by atoms with Crippen LogP contribution in [-0.2, 0) is 44.6 Å². The number of hydrogen-bond acceptors (Lipinski definition) is 10. The molecular weight excluding hydrogens is 528 g/mol. The van der Waals surface area contributed by atoms with Gasteiger partial charge in [0, 0.05) is 12.7 Å². The highest BCUT2D eigenvalue weighted by Gasteiger charge is 2.34. The lowest BCUT2D eigenvalue weighted by Gasteiger charge is -2.23. The molecule has 0 saturated heterocycles. The van der Waals surface area contributed by atoms with Gasteiger partial charge in [0.15, 0.2) is 12.4 Å². The Bertz CT molecular complexity index is 1500. The number of rotatable bonds is 10. The van der Waals surface area contributed by atoms with Crippen molar-refractivity contribution in [3.05, 3.63) is 71.3 Å². The highest BCUT2D eigenvalue weighted by atomic mass is 16.5. The van der Waals surface area contributed by atoms with Gasteiger partial charge in [-0.1, -0.05) is 48.5 Å². The van der Waals surface area contributed by atoms with Crippen LogP contribution in [0.2, 0.25) is 0 Å². The summed E-state index contributed by atoms with van der Waals surface area (Å²) >= 11 is 0. The number of ether oxygens (including phenoxy) is 3. The fourth-order valence-corrected chi connectivity index (χ4v) is 4.18. The second-order valence-electron chi connectivity index (χ2n) is 11.0. The van der Waals surface area contributed by atoms with E-state index in [2.05, 4.69) is 25.6 Å². The van der Waals surface area contributed by atoms with Crippen LogP contribution in [0, 0.1) is 5.41 Å². The number of nitrogens with one attached hydrogen (secondary N) is 1. The molecule has 2 aromatic heterocycles. The van der Waals surface area contributed by atoms with Gasteiger partial charge >= 0.3 is 11.9 Å². The van der Waals surface area contributed by atoms with Crippen LogP contribution in [-0.4, -0.2) is 54.3 Å². The van der Waals surface area contributed by atoms with Crippen molar-refractivity contribution in [1.82, 2.24) is 30.2 Å². The van der Waals surface area contributed by atoms with Gasteiger partial charge in [-0.3, -0.25) is 9.36 Å². The second-order valence-corrected chi connectivity index (χ2v) is 11.0. The number of benzene rings is 2. The lowest BCUT2D eigenvalue weighted by molar-refractivity contribution is -0.157. The number of aromatic nitrogens is 6. The third-order valence-electron chi connectivity index (χ3n) is 6.18. The summed E-state index contributed by atoms with van der Waals surface area (Å²) in [4.78, 5) is 30.0. The fourth-order valence-electron chi connectivity index (χ4n) is 4.18. The Kier molecular flexibility index (Phi) is 8.64. The van der Waals surface area contributed by atoms with E-state index in [-0.39, 0.29) is 31.3 Å². The van der Waals surface area contributed by atoms with Gasteiger partial charge in [0.25, 0.3) is 0 Å². The highest BCUT2D eigenvalue weighted by molar-refractivity contribution is 5.89. The first-order valence-electron chi connectivity index (χ1n) is 13.0. The molecule has 4 rings (SSSR count). The fraction of sp³-hybridized carbons (Fsp3) is 0.379. The van der Waals surface area contributed by atoms with Crippen molar-refractivity contribution in [1.29, 1.82) is 0 Å². The second kappa shape index (κ2) is 12.0. The van der Waals surface area contributed by atoms with Crippen molar-refractivity contribution in [3.8, 4) is 22.5 Å². The molecule has 2 heterocycles. The van der Waals surface area contributed by atoms with E-state index in [1.807, 2.05) is 48.5 Å². The van der Waals surface area contributed by atoms with E-state index < -0.39 is 23.0 Å². The molecule has 2 N–H and O–H groups in total. The standard InChI is InChI=1S/C29H34N6O6/c1-28(2,3)27(37)41-17-35-22(16-39-6)30-23(24(35)29(4,5)38)26(36)40-15-18-11-13-19(14-12-18)20-9-7-8-10-21(20)25-31-33-34-32-25/h7-14,38H,15-17H2,1-6H3,(H,31,32,33,34). The molecule has 0 radical (unpaired) electrons. The van der Waals surface area contributed by atoms with Gasteiger partial charge in [-0.25, -0.2) is 9.78 Å². The zero-order valence-corrected chi connectivity index (χ0v) is 24.0. The molecule has 0 aliphatic carbocycles. The van der Waals surface area contributed by atoms with Crippen LogP contribution in [0.15, 0.2) is 48.5 Å². The number of carbonyl (C=O) groups excluding carboxylic acids is 2. The summed E-state index contributed by atoms with van der Waals surface area (Å²) in [6, 6.07) is 15.2. The lowest BCUT2D eigenvalue weighted by Crippen LogP contribution is -2.29. The maximum absolute atomic E-state index is 13.2. The van der Waals surface area contributed by atoms with E-state index in [0.717, 1.165) is 22.3 Å². The Balaban J connectivity index is 1.54. The Morgan fingerprint density at radius 1 is 0.951 bits per heavy atom. The molecule has 0 fully saturated rings. The minimum absolute atomic E-state index is 0.0240. The molecule has 12 nitrogen and oxygen atoms in total. The third kappa shape index (κ3) is 6.84. The van der Waals surface area contributed by atoms with Crippen LogP contribution in [0.1, 0.15) is 62.2 Å². The molecule has 0 aliphatic rings. The van der Waals surface area contributed by atoms with Gasteiger partial charge in [-0.2, -0.15) is 5.21 Å². The number of H-pyrrole nitrogens is 1. The van der Waals surface area contributed by atoms with Crippen LogP contribution in [0.25, 0.3) is 22.5 Å². The monoisotopic (exact) mass is 562 g/mol. The summed E-state index contributed by atoms with van der Waals surface area (Å²) in [6.45, 7) is 7.99. The first-order valence-corrected chi connectivity index (χ1v) is 13.0. The van der Waals surface area contributed by atoms with E-state index in [1.54, 1.807) is 20.8 Å². The third-order valence-corrected chi connectivity index (χ3v) is 6.18. The van der Waals surface area contributed by atoms with Gasteiger partial charge in [-0.05, 0) is 56.5 Å². The van der Waals surface area contributed by atoms with Gasteiger partial charge in [0.05, 0.1) is 11.1 Å². The van der Waals surface area contributed by atoms with Crippen molar-refractivity contribution in [3.63, 3.8) is 0 Å². The summed E-state index contributed by atoms with van der Waals surface area (Å²) in [5.41, 5.74) is 1.27. The van der Waals surface area contributed by atoms with E-state index >= 15 is 0 Å². The summed E-state index contributed by atoms with van der Waals surface area (Å²) in [5, 5.41) is 25.2. The van der Waals surface area contributed by atoms with Gasteiger partial charge in [0.2, 0.25) is 5.82 Å². The van der Waals surface area contributed by atoms with Crippen molar-refractivity contribution in [2.75, 3.05) is 7.11 Å². The summed E-state index contributed by atoms with van der Waals surface area (Å²) < 4.78 is 17.8. The number of nitrogens with zero attached hydrogens (tertiary/aromatic N) is 5. The Labute approximate surface area is 237 Å². The molecule has 0 atom stereocenters. The predicted octanol–water partition coefficient (Wildman–Crippen LogP) is 4.01. The summed E-state index contributed by atoms with van der Waals surface area (Å²) in [6.07, 6.45) is 0. The number of esters is 2. The summed E-state index contributed by atoms with van der Waals surface area (Å²) in [7, 11) is 1.48. The quantitative estimate of drug-likeness (QED) is 0.271. The lowest BCUT2D eigenvalue weighted by atomic mass is 9.97. The zero-order valence-electron chi connectivity index (χ0n) is 24.0. The van der Waals surface area contributed by atoms with Gasteiger partial charge in [0.1, 0.15) is 24.6 Å². The Morgan fingerprint density at radius 2 is 1.63 bits per heavy atom. The molecular formula is C29H34N6O6. The van der Waals surface area contributed by atoms with Crippen molar-refractivity contribution in [2.45, 2.75) is 60.2 Å². The molecule has 0 unspecified atom stereocenters. The van der Waals surface area contributed by atoms with Crippen LogP contribution >= 0.6 is 0 Å². The van der Waals surface area contributed by atoms with Crippen LogP contribution in [0.4, 0.5) is 0 Å². The number of aliphatic hydroxyl groups is 1. The predicted molar refractivity (Wildman–Crippen MR) is 148 cm³/mol. The SMILES string of the molecule is COCc1nc(C(=O)OCc2ccc(-c3ccccc3-c3nn[nH]n3)cc2)c(C(C)(C)O)n1COC(=O)C(C)(C)C. The van der Waals surface area contributed by atoms with Crippen LogP contribution in [0.3, 0.4) is 0 Å². The maximum atomic E-state index is 13.2. The number of hydrogen-bond donors (Lipinski definition) is 2. The molecule has 0 saturated carbocycles. The molecule has 0 bridgehead atoms. The van der Waals surface area contributed by atoms with Gasteiger partial charge < -0.3 is 19.3 Å². The maximum Gasteiger partial charge on any atom is 0.359 e. The van der Waals surface area contributed by atoms with E-state index in [9.17, 15) is 14.7 Å². The zero-order chi connectivity index (χ0) is 29.8. The van der Waals surface area contributed by atoms with E-state index in [1.165, 1.54) is 25.5 Å². The molecule has 12 heteroatoms. The largest absolute Gasteiger partial charge is 0.456 e. The number of carbonyl (C=O) groups is 2. The molecule has 216 valence electrons. The normalized spacial score (nSPS) is 11.9. The Morgan fingerprint density at radius 3 is 2.22 bits per heavy atom. The first kappa shape index (κ1) is 29.6. The number of methoxy groups -OCH3 is 1. The first-order chi connectivity index (χ1) is 19.4. The molecule has 41 heavy (non-hydrogen) atoms. The van der Waals surface area contributed by atoms with Crippen LogP contribution in [0.5, 0.6) is 0 Å². The minimum atomic E-state index is -1.50. The summed E-state index contributed by atoms with van der Waals surface area (Å²) in [5.74, 6) is -0.375. The van der Waals surface area contributed by atoms with Crippen molar-refractivity contribution < 1.29 is 28.9 Å². The number of aromatic amines is 1. The average Bonchev–Trinajstić information content (AvgIpc) is 3.59. The highest BCUT2D eigenvalue weighted by Crippen LogP contribution is 2.30. The van der Waals surface area contributed by atoms with Crippen molar-refractivity contribution in [2.24, 2.45) is 5.41 Å².